The zero-order valence-electron chi connectivity index (χ0n) is 12.2. The van der Waals surface area contributed by atoms with Crippen LogP contribution in [0.25, 0.3) is 0 Å². The number of nitrogens with zero attached hydrogens (tertiary/aromatic N) is 3. The van der Waals surface area contributed by atoms with Crippen LogP contribution >= 0.6 is 0 Å². The van der Waals surface area contributed by atoms with Crippen molar-refractivity contribution in [3.63, 3.8) is 0 Å². The van der Waals surface area contributed by atoms with Gasteiger partial charge >= 0.3 is 0 Å². The van der Waals surface area contributed by atoms with Gasteiger partial charge < -0.3 is 4.90 Å². The van der Waals surface area contributed by atoms with Crippen LogP contribution in [0.15, 0.2) is 42.6 Å². The normalized spacial score (nSPS) is 11.3. The van der Waals surface area contributed by atoms with Gasteiger partial charge in [0, 0.05) is 24.3 Å². The van der Waals surface area contributed by atoms with Crippen molar-refractivity contribution in [1.29, 1.82) is 0 Å². The first-order valence-electron chi connectivity index (χ1n) is 6.93. The molecule has 0 amide bonds. The van der Waals surface area contributed by atoms with Crippen molar-refractivity contribution in [3.05, 3.63) is 48.2 Å². The van der Waals surface area contributed by atoms with E-state index in [-0.39, 0.29) is 0 Å². The highest BCUT2D eigenvalue weighted by Crippen LogP contribution is 2.17. The van der Waals surface area contributed by atoms with Gasteiger partial charge in [-0.1, -0.05) is 30.3 Å². The first kappa shape index (κ1) is 13.7. The Balaban J connectivity index is 2.14. The molecular formula is C16H23N3. The fourth-order valence-electron chi connectivity index (χ4n) is 2.47. The standard InChI is InChI=1S/C16H23N3/c1-13(2)19(14(3)4)16-10-11-18(17-16)12-15-8-6-5-7-9-15/h5-11,13-14H,12H2,1-4H3. The lowest BCUT2D eigenvalue weighted by Gasteiger charge is -2.30. The monoisotopic (exact) mass is 257 g/mol. The SMILES string of the molecule is CC(C)N(c1ccn(Cc2ccccc2)n1)C(C)C. The van der Waals surface area contributed by atoms with Crippen LogP contribution in [0.3, 0.4) is 0 Å². The second-order valence-corrected chi connectivity index (χ2v) is 5.45. The van der Waals surface area contributed by atoms with Gasteiger partial charge in [0.2, 0.25) is 0 Å². The highest BCUT2D eigenvalue weighted by molar-refractivity contribution is 5.39. The lowest BCUT2D eigenvalue weighted by Crippen LogP contribution is -2.37. The largest absolute Gasteiger partial charge is 0.350 e. The molecule has 0 saturated heterocycles. The lowest BCUT2D eigenvalue weighted by molar-refractivity contribution is 0.587. The Morgan fingerprint density at radius 3 is 2.21 bits per heavy atom. The molecule has 0 aliphatic carbocycles. The number of anilines is 1. The van der Waals surface area contributed by atoms with Gasteiger partial charge in [0.15, 0.2) is 5.82 Å². The topological polar surface area (TPSA) is 21.1 Å². The molecule has 0 aliphatic rings. The van der Waals surface area contributed by atoms with E-state index in [1.165, 1.54) is 5.56 Å². The van der Waals surface area contributed by atoms with Gasteiger partial charge in [-0.2, -0.15) is 5.10 Å². The van der Waals surface area contributed by atoms with Crippen LogP contribution < -0.4 is 4.90 Å². The molecule has 102 valence electrons. The predicted molar refractivity (Wildman–Crippen MR) is 80.5 cm³/mol. The van der Waals surface area contributed by atoms with Crippen LogP contribution in [0.1, 0.15) is 33.3 Å². The van der Waals surface area contributed by atoms with Crippen molar-refractivity contribution in [2.24, 2.45) is 0 Å². The molecule has 0 spiro atoms. The summed E-state index contributed by atoms with van der Waals surface area (Å²) in [5.41, 5.74) is 1.28. The zero-order chi connectivity index (χ0) is 13.8. The van der Waals surface area contributed by atoms with E-state index in [0.717, 1.165) is 12.4 Å². The minimum Gasteiger partial charge on any atom is -0.350 e. The quantitative estimate of drug-likeness (QED) is 0.816. The van der Waals surface area contributed by atoms with Crippen LogP contribution in [-0.4, -0.2) is 21.9 Å². The van der Waals surface area contributed by atoms with Gasteiger partial charge in [-0.15, -0.1) is 0 Å². The predicted octanol–water partition coefficient (Wildman–Crippen LogP) is 3.55. The summed E-state index contributed by atoms with van der Waals surface area (Å²) >= 11 is 0. The van der Waals surface area contributed by atoms with Crippen molar-refractivity contribution in [2.75, 3.05) is 4.90 Å². The van der Waals surface area contributed by atoms with E-state index < -0.39 is 0 Å². The van der Waals surface area contributed by atoms with E-state index in [1.807, 2.05) is 10.7 Å². The van der Waals surface area contributed by atoms with Crippen molar-refractivity contribution < 1.29 is 0 Å². The summed E-state index contributed by atoms with van der Waals surface area (Å²) in [7, 11) is 0. The molecule has 1 aromatic carbocycles. The third kappa shape index (κ3) is 3.37. The summed E-state index contributed by atoms with van der Waals surface area (Å²) in [4.78, 5) is 2.33. The Morgan fingerprint density at radius 1 is 1.00 bits per heavy atom. The molecule has 3 nitrogen and oxygen atoms in total. The van der Waals surface area contributed by atoms with Gasteiger partial charge in [0.1, 0.15) is 0 Å². The third-order valence-electron chi connectivity index (χ3n) is 3.19. The molecule has 0 bridgehead atoms. The number of hydrogen-bond acceptors (Lipinski definition) is 2. The van der Waals surface area contributed by atoms with Crippen LogP contribution in [0.2, 0.25) is 0 Å². The fourth-order valence-corrected chi connectivity index (χ4v) is 2.47. The molecule has 3 heteroatoms. The molecule has 0 fully saturated rings. The van der Waals surface area contributed by atoms with E-state index in [9.17, 15) is 0 Å². The highest BCUT2D eigenvalue weighted by atomic mass is 15.4. The minimum absolute atomic E-state index is 0.458. The molecule has 0 atom stereocenters. The maximum absolute atomic E-state index is 4.69. The maximum atomic E-state index is 4.69. The van der Waals surface area contributed by atoms with Crippen LogP contribution in [-0.2, 0) is 6.54 Å². The van der Waals surface area contributed by atoms with E-state index >= 15 is 0 Å². The highest BCUT2D eigenvalue weighted by Gasteiger charge is 2.16. The Kier molecular flexibility index (Phi) is 4.25. The zero-order valence-corrected chi connectivity index (χ0v) is 12.2. The number of aromatic nitrogens is 2. The molecule has 2 aromatic rings. The van der Waals surface area contributed by atoms with Crippen molar-refractivity contribution in [2.45, 2.75) is 46.3 Å². The first-order valence-corrected chi connectivity index (χ1v) is 6.93. The molecule has 0 N–H and O–H groups in total. The molecular weight excluding hydrogens is 234 g/mol. The summed E-state index contributed by atoms with van der Waals surface area (Å²) in [5.74, 6) is 1.06. The van der Waals surface area contributed by atoms with Crippen LogP contribution in [0.5, 0.6) is 0 Å². The average molecular weight is 257 g/mol. The number of hydrogen-bond donors (Lipinski definition) is 0. The van der Waals surface area contributed by atoms with E-state index in [4.69, 9.17) is 5.10 Å². The molecule has 2 rings (SSSR count). The van der Waals surface area contributed by atoms with Crippen molar-refractivity contribution in [1.82, 2.24) is 9.78 Å². The van der Waals surface area contributed by atoms with Crippen molar-refractivity contribution >= 4 is 5.82 Å². The van der Waals surface area contributed by atoms with Gasteiger partial charge in [0.25, 0.3) is 0 Å². The third-order valence-corrected chi connectivity index (χ3v) is 3.19. The van der Waals surface area contributed by atoms with E-state index in [0.29, 0.717) is 12.1 Å². The smallest absolute Gasteiger partial charge is 0.151 e. The van der Waals surface area contributed by atoms with Gasteiger partial charge in [0.05, 0.1) is 6.54 Å². The summed E-state index contributed by atoms with van der Waals surface area (Å²) < 4.78 is 2.00. The molecule has 1 heterocycles. The van der Waals surface area contributed by atoms with Gasteiger partial charge in [-0.25, -0.2) is 0 Å². The summed E-state index contributed by atoms with van der Waals surface area (Å²) in [6.45, 7) is 9.64. The molecule has 0 saturated carbocycles. The lowest BCUT2D eigenvalue weighted by atomic mass is 10.2. The fraction of sp³-hybridized carbons (Fsp3) is 0.438. The molecule has 0 radical (unpaired) electrons. The molecule has 0 aliphatic heterocycles. The Hall–Kier alpha value is -1.77. The number of rotatable bonds is 5. The molecule has 19 heavy (non-hydrogen) atoms. The number of benzene rings is 1. The first-order chi connectivity index (χ1) is 9.08. The second-order valence-electron chi connectivity index (χ2n) is 5.45. The Morgan fingerprint density at radius 2 is 1.63 bits per heavy atom. The Labute approximate surface area is 115 Å². The van der Waals surface area contributed by atoms with E-state index in [1.54, 1.807) is 0 Å². The summed E-state index contributed by atoms with van der Waals surface area (Å²) in [6.07, 6.45) is 2.06. The Bertz CT molecular complexity index is 492. The molecule has 1 aromatic heterocycles. The average Bonchev–Trinajstić information content (AvgIpc) is 2.77. The van der Waals surface area contributed by atoms with Crippen molar-refractivity contribution in [3.8, 4) is 0 Å². The van der Waals surface area contributed by atoms with Crippen LogP contribution in [0.4, 0.5) is 5.82 Å². The molecule has 0 unspecified atom stereocenters. The summed E-state index contributed by atoms with van der Waals surface area (Å²) in [6, 6.07) is 13.4. The van der Waals surface area contributed by atoms with Crippen LogP contribution in [0, 0.1) is 0 Å². The maximum Gasteiger partial charge on any atom is 0.151 e. The minimum atomic E-state index is 0.458. The van der Waals surface area contributed by atoms with E-state index in [2.05, 4.69) is 69.1 Å². The summed E-state index contributed by atoms with van der Waals surface area (Å²) in [5, 5.41) is 4.69. The van der Waals surface area contributed by atoms with Gasteiger partial charge in [-0.05, 0) is 33.3 Å². The van der Waals surface area contributed by atoms with Gasteiger partial charge in [-0.3, -0.25) is 4.68 Å². The second kappa shape index (κ2) is 5.91.